The summed E-state index contributed by atoms with van der Waals surface area (Å²) in [7, 11) is 0. The first kappa shape index (κ1) is 23.1. The third kappa shape index (κ3) is 9.03. The van der Waals surface area contributed by atoms with Crippen LogP contribution in [0.15, 0.2) is 47.1 Å². The summed E-state index contributed by atoms with van der Waals surface area (Å²) in [5.41, 5.74) is 4.13. The van der Waals surface area contributed by atoms with E-state index in [1.54, 1.807) is 12.2 Å². The van der Waals surface area contributed by atoms with Gasteiger partial charge in [-0.05, 0) is 72.0 Å². The minimum absolute atomic E-state index is 0.0164. The molecule has 0 aromatic carbocycles. The molecule has 0 saturated heterocycles. The number of ether oxygens (including phenoxy) is 1. The summed E-state index contributed by atoms with van der Waals surface area (Å²) in [5, 5.41) is 0. The SMILES string of the molecule is CC(=O)OC1C=CC(=O)C(C)C1C/C=C(\C)CC/C=C(\C)CCC=C(C)C. The van der Waals surface area contributed by atoms with Crippen LogP contribution in [0.3, 0.4) is 0 Å². The van der Waals surface area contributed by atoms with Gasteiger partial charge in [0, 0.05) is 18.8 Å². The quantitative estimate of drug-likeness (QED) is 0.362. The topological polar surface area (TPSA) is 43.4 Å². The number of esters is 1. The molecule has 0 heterocycles. The molecule has 0 fully saturated rings. The van der Waals surface area contributed by atoms with E-state index in [2.05, 4.69) is 45.9 Å². The van der Waals surface area contributed by atoms with Gasteiger partial charge in [0.25, 0.3) is 0 Å². The van der Waals surface area contributed by atoms with Crippen molar-refractivity contribution >= 4 is 11.8 Å². The molecule has 0 aromatic rings. The average molecular weight is 373 g/mol. The summed E-state index contributed by atoms with van der Waals surface area (Å²) in [6.45, 7) is 11.9. The molecular formula is C24H36O3. The van der Waals surface area contributed by atoms with E-state index in [1.165, 1.54) is 23.6 Å². The summed E-state index contributed by atoms with van der Waals surface area (Å²) in [6, 6.07) is 0. The Morgan fingerprint density at radius 2 is 1.59 bits per heavy atom. The Morgan fingerprint density at radius 3 is 2.19 bits per heavy atom. The van der Waals surface area contributed by atoms with Crippen LogP contribution in [0.1, 0.15) is 73.6 Å². The molecule has 0 spiro atoms. The lowest BCUT2D eigenvalue weighted by Gasteiger charge is -2.30. The van der Waals surface area contributed by atoms with Crippen LogP contribution >= 0.6 is 0 Å². The third-order valence-electron chi connectivity index (χ3n) is 5.13. The molecule has 1 aliphatic rings. The number of rotatable bonds is 9. The monoisotopic (exact) mass is 372 g/mol. The highest BCUT2D eigenvalue weighted by molar-refractivity contribution is 5.92. The summed E-state index contributed by atoms with van der Waals surface area (Å²) in [6.07, 6.45) is 14.8. The Hall–Kier alpha value is -1.90. The molecule has 27 heavy (non-hydrogen) atoms. The Balaban J connectivity index is 2.55. The largest absolute Gasteiger partial charge is 0.458 e. The molecule has 0 amide bonds. The van der Waals surface area contributed by atoms with E-state index in [1.807, 2.05) is 6.92 Å². The number of carbonyl (C=O) groups is 2. The van der Waals surface area contributed by atoms with E-state index in [0.717, 1.165) is 32.1 Å². The molecule has 0 radical (unpaired) electrons. The molecule has 3 heteroatoms. The molecule has 3 nitrogen and oxygen atoms in total. The van der Waals surface area contributed by atoms with Gasteiger partial charge in [-0.3, -0.25) is 9.59 Å². The second-order valence-corrected chi connectivity index (χ2v) is 7.98. The number of hydrogen-bond donors (Lipinski definition) is 0. The van der Waals surface area contributed by atoms with E-state index in [0.29, 0.717) is 0 Å². The zero-order valence-corrected chi connectivity index (χ0v) is 17.9. The number of allylic oxidation sites excluding steroid dienone is 7. The average Bonchev–Trinajstić information content (AvgIpc) is 2.57. The van der Waals surface area contributed by atoms with Crippen molar-refractivity contribution in [1.82, 2.24) is 0 Å². The fraction of sp³-hybridized carbons (Fsp3) is 0.583. The van der Waals surface area contributed by atoms with Gasteiger partial charge in [0.05, 0.1) is 0 Å². The van der Waals surface area contributed by atoms with E-state index in [9.17, 15) is 9.59 Å². The summed E-state index contributed by atoms with van der Waals surface area (Å²) in [5.74, 6) is -0.293. The molecule has 3 atom stereocenters. The van der Waals surface area contributed by atoms with Crippen LogP contribution in [0.4, 0.5) is 0 Å². The van der Waals surface area contributed by atoms with Gasteiger partial charge in [-0.1, -0.05) is 41.9 Å². The summed E-state index contributed by atoms with van der Waals surface area (Å²) >= 11 is 0. The first-order chi connectivity index (χ1) is 12.7. The van der Waals surface area contributed by atoms with Crippen molar-refractivity contribution in [2.24, 2.45) is 11.8 Å². The lowest BCUT2D eigenvalue weighted by molar-refractivity contribution is -0.148. The van der Waals surface area contributed by atoms with Crippen molar-refractivity contribution in [3.8, 4) is 0 Å². The number of ketones is 1. The predicted octanol–water partition coefficient (Wildman–Crippen LogP) is 6.12. The van der Waals surface area contributed by atoms with Gasteiger partial charge in [-0.25, -0.2) is 0 Å². The molecule has 0 aliphatic heterocycles. The van der Waals surface area contributed by atoms with Crippen LogP contribution in [-0.2, 0) is 14.3 Å². The fourth-order valence-electron chi connectivity index (χ4n) is 3.31. The normalized spacial score (nSPS) is 23.3. The zero-order valence-electron chi connectivity index (χ0n) is 17.9. The highest BCUT2D eigenvalue weighted by atomic mass is 16.5. The molecule has 150 valence electrons. The van der Waals surface area contributed by atoms with Crippen LogP contribution < -0.4 is 0 Å². The second kappa shape index (κ2) is 11.7. The van der Waals surface area contributed by atoms with Gasteiger partial charge < -0.3 is 4.74 Å². The smallest absolute Gasteiger partial charge is 0.303 e. The van der Waals surface area contributed by atoms with Gasteiger partial charge >= 0.3 is 5.97 Å². The second-order valence-electron chi connectivity index (χ2n) is 7.98. The van der Waals surface area contributed by atoms with Crippen molar-refractivity contribution in [2.75, 3.05) is 0 Å². The number of hydrogen-bond acceptors (Lipinski definition) is 3. The van der Waals surface area contributed by atoms with Gasteiger partial charge in [0.1, 0.15) is 6.10 Å². The van der Waals surface area contributed by atoms with Crippen molar-refractivity contribution < 1.29 is 14.3 Å². The van der Waals surface area contributed by atoms with Crippen LogP contribution in [0.5, 0.6) is 0 Å². The maximum Gasteiger partial charge on any atom is 0.303 e. The maximum absolute atomic E-state index is 12.0. The molecular weight excluding hydrogens is 336 g/mol. The molecule has 3 unspecified atom stereocenters. The van der Waals surface area contributed by atoms with E-state index in [4.69, 9.17) is 4.74 Å². The fourth-order valence-corrected chi connectivity index (χ4v) is 3.31. The van der Waals surface area contributed by atoms with Gasteiger partial charge in [-0.2, -0.15) is 0 Å². The summed E-state index contributed by atoms with van der Waals surface area (Å²) < 4.78 is 5.40. The predicted molar refractivity (Wildman–Crippen MR) is 112 cm³/mol. The van der Waals surface area contributed by atoms with E-state index >= 15 is 0 Å². The number of carbonyl (C=O) groups excluding carboxylic acids is 2. The molecule has 1 aliphatic carbocycles. The van der Waals surface area contributed by atoms with Crippen molar-refractivity contribution in [3.05, 3.63) is 47.1 Å². The third-order valence-corrected chi connectivity index (χ3v) is 5.13. The minimum Gasteiger partial charge on any atom is -0.458 e. The molecule has 0 aromatic heterocycles. The zero-order chi connectivity index (χ0) is 20.4. The maximum atomic E-state index is 12.0. The Kier molecular flexibility index (Phi) is 10.1. The Labute approximate surface area is 165 Å². The van der Waals surface area contributed by atoms with Crippen LogP contribution in [0, 0.1) is 11.8 Å². The molecule has 1 rings (SSSR count). The van der Waals surface area contributed by atoms with Crippen molar-refractivity contribution in [2.45, 2.75) is 79.8 Å². The molecule has 0 saturated carbocycles. The Bertz CT molecular complexity index is 630. The lowest BCUT2D eigenvalue weighted by Crippen LogP contribution is -2.35. The van der Waals surface area contributed by atoms with E-state index in [-0.39, 0.29) is 29.7 Å². The van der Waals surface area contributed by atoms with Crippen LogP contribution in [0.2, 0.25) is 0 Å². The standard InChI is InChI=1S/C24H36O3/c1-17(2)9-7-10-18(3)11-8-12-19(4)13-14-22-20(5)23(26)15-16-24(22)27-21(6)25/h9,11,13,15-16,20,22,24H,7-8,10,12,14H2,1-6H3/b18-11+,19-13+. The molecule has 0 N–H and O–H groups in total. The van der Waals surface area contributed by atoms with Crippen molar-refractivity contribution in [1.29, 1.82) is 0 Å². The summed E-state index contributed by atoms with van der Waals surface area (Å²) in [4.78, 5) is 23.3. The van der Waals surface area contributed by atoms with E-state index < -0.39 is 0 Å². The van der Waals surface area contributed by atoms with Crippen LogP contribution in [0.25, 0.3) is 0 Å². The molecule has 0 bridgehead atoms. The Morgan fingerprint density at radius 1 is 1.00 bits per heavy atom. The highest BCUT2D eigenvalue weighted by Crippen LogP contribution is 2.29. The lowest BCUT2D eigenvalue weighted by atomic mass is 9.79. The highest BCUT2D eigenvalue weighted by Gasteiger charge is 2.33. The first-order valence-corrected chi connectivity index (χ1v) is 10.0. The first-order valence-electron chi connectivity index (χ1n) is 10.0. The van der Waals surface area contributed by atoms with Crippen LogP contribution in [-0.4, -0.2) is 17.9 Å². The van der Waals surface area contributed by atoms with Gasteiger partial charge in [-0.15, -0.1) is 0 Å². The van der Waals surface area contributed by atoms with Gasteiger partial charge in [0.15, 0.2) is 5.78 Å². The minimum atomic E-state index is -0.309. The van der Waals surface area contributed by atoms with Crippen molar-refractivity contribution in [3.63, 3.8) is 0 Å². The van der Waals surface area contributed by atoms with Gasteiger partial charge in [0.2, 0.25) is 0 Å².